The van der Waals surface area contributed by atoms with E-state index in [0.717, 1.165) is 12.1 Å². The minimum absolute atomic E-state index is 0.0309. The van der Waals surface area contributed by atoms with Crippen molar-refractivity contribution in [2.75, 3.05) is 0 Å². The van der Waals surface area contributed by atoms with Crippen LogP contribution in [0.4, 0.5) is 13.2 Å². The van der Waals surface area contributed by atoms with Crippen LogP contribution >= 0.6 is 0 Å². The maximum atomic E-state index is 13.0. The van der Waals surface area contributed by atoms with Crippen LogP contribution in [0, 0.1) is 12.8 Å². The van der Waals surface area contributed by atoms with Crippen molar-refractivity contribution in [3.63, 3.8) is 0 Å². The molecule has 0 saturated heterocycles. The first-order valence-corrected chi connectivity index (χ1v) is 9.94. The minimum atomic E-state index is -4.85. The number of halogens is 3. The zero-order valence-electron chi connectivity index (χ0n) is 18.0. The summed E-state index contributed by atoms with van der Waals surface area (Å²) in [6.45, 7) is 3.40. The second-order valence-corrected chi connectivity index (χ2v) is 7.50. The van der Waals surface area contributed by atoms with E-state index in [0.29, 0.717) is 12.1 Å². The third-order valence-electron chi connectivity index (χ3n) is 5.03. The number of ether oxygens (including phenoxy) is 2. The molecule has 1 aliphatic rings. The predicted molar refractivity (Wildman–Crippen MR) is 111 cm³/mol. The van der Waals surface area contributed by atoms with Crippen molar-refractivity contribution >= 4 is 11.9 Å². The summed E-state index contributed by atoms with van der Waals surface area (Å²) in [6, 6.07) is 4.60. The molecule has 176 valence electrons. The number of nitrogens with zero attached hydrogens (tertiary/aromatic N) is 2. The van der Waals surface area contributed by atoms with E-state index in [1.165, 1.54) is 22.9 Å². The van der Waals surface area contributed by atoms with Crippen molar-refractivity contribution in [1.82, 2.24) is 15.1 Å². The van der Waals surface area contributed by atoms with Crippen molar-refractivity contribution < 1.29 is 37.3 Å². The van der Waals surface area contributed by atoms with E-state index in [-0.39, 0.29) is 34.7 Å². The van der Waals surface area contributed by atoms with Crippen molar-refractivity contribution in [2.45, 2.75) is 32.7 Å². The number of aliphatic carboxylic acids is 1. The molecule has 1 heterocycles. The van der Waals surface area contributed by atoms with Crippen LogP contribution in [0.5, 0.6) is 17.4 Å². The number of alkyl halides is 3. The molecule has 0 radical (unpaired) electrons. The highest BCUT2D eigenvalue weighted by Crippen LogP contribution is 2.31. The van der Waals surface area contributed by atoms with Gasteiger partial charge in [-0.3, -0.25) is 4.79 Å². The van der Waals surface area contributed by atoms with Crippen molar-refractivity contribution in [3.05, 3.63) is 59.3 Å². The van der Waals surface area contributed by atoms with Gasteiger partial charge in [0.25, 0.3) is 5.91 Å². The third kappa shape index (κ3) is 5.93. The van der Waals surface area contributed by atoms with E-state index >= 15 is 0 Å². The highest BCUT2D eigenvalue weighted by Gasteiger charge is 2.31. The molecule has 33 heavy (non-hydrogen) atoms. The highest BCUT2D eigenvalue weighted by atomic mass is 19.4. The Morgan fingerprint density at radius 2 is 2.00 bits per heavy atom. The number of hydrogen-bond acceptors (Lipinski definition) is 5. The molecule has 0 fully saturated rings. The molecule has 1 amide bonds. The molecule has 1 aromatic carbocycles. The van der Waals surface area contributed by atoms with E-state index in [4.69, 9.17) is 9.84 Å². The SMILES string of the molecule is Cc1nn(C)c(Oc2cccc(OC(F)(F)F)c2)c1C(=O)N[C@@H](C)C1C=CC(C(=O)O)=CC1. The number of carboxylic acid groups (broad SMARTS) is 1. The van der Waals surface area contributed by atoms with Gasteiger partial charge in [-0.05, 0) is 32.4 Å². The molecule has 1 unspecified atom stereocenters. The second kappa shape index (κ2) is 9.39. The van der Waals surface area contributed by atoms with Gasteiger partial charge >= 0.3 is 12.3 Å². The lowest BCUT2D eigenvalue weighted by Crippen LogP contribution is -2.38. The standard InChI is InChI=1S/C22H22F3N3O5/c1-12(14-7-9-15(10-8-14)21(30)31)26-19(29)18-13(2)27-28(3)20(18)32-16-5-4-6-17(11-16)33-22(23,24)25/h4-7,9-12,14H,8H2,1-3H3,(H,26,29)(H,30,31)/t12-,14?/m0/s1. The number of allylic oxidation sites excluding steroid dienone is 1. The Morgan fingerprint density at radius 3 is 2.61 bits per heavy atom. The van der Waals surface area contributed by atoms with Crippen molar-refractivity contribution in [3.8, 4) is 17.4 Å². The van der Waals surface area contributed by atoms with Crippen LogP contribution in [-0.2, 0) is 11.8 Å². The monoisotopic (exact) mass is 465 g/mol. The van der Waals surface area contributed by atoms with Gasteiger partial charge in [0.15, 0.2) is 0 Å². The number of carboxylic acids is 1. The number of rotatable bonds is 7. The van der Waals surface area contributed by atoms with Gasteiger partial charge in [-0.1, -0.05) is 24.3 Å². The Morgan fingerprint density at radius 1 is 1.30 bits per heavy atom. The Kier molecular flexibility index (Phi) is 6.80. The molecular formula is C22H22F3N3O5. The van der Waals surface area contributed by atoms with Crippen molar-refractivity contribution in [2.24, 2.45) is 13.0 Å². The fraction of sp³-hybridized carbons (Fsp3) is 0.318. The van der Waals surface area contributed by atoms with Crippen LogP contribution in [-0.4, -0.2) is 39.2 Å². The number of benzene rings is 1. The van der Waals surface area contributed by atoms with Gasteiger partial charge in [0.2, 0.25) is 5.88 Å². The average Bonchev–Trinajstić information content (AvgIpc) is 2.99. The Balaban J connectivity index is 1.76. The van der Waals surface area contributed by atoms with E-state index in [1.807, 2.05) is 0 Å². The second-order valence-electron chi connectivity index (χ2n) is 7.50. The summed E-state index contributed by atoms with van der Waals surface area (Å²) < 4.78 is 48.4. The molecule has 1 aliphatic carbocycles. The lowest BCUT2D eigenvalue weighted by molar-refractivity contribution is -0.274. The number of carbonyl (C=O) groups is 2. The summed E-state index contributed by atoms with van der Waals surface area (Å²) in [5, 5.41) is 16.1. The zero-order chi connectivity index (χ0) is 24.3. The minimum Gasteiger partial charge on any atom is -0.478 e. The first kappa shape index (κ1) is 23.9. The number of carbonyl (C=O) groups excluding carboxylic acids is 1. The zero-order valence-corrected chi connectivity index (χ0v) is 18.0. The van der Waals surface area contributed by atoms with Crippen LogP contribution in [0.15, 0.2) is 48.1 Å². The Hall–Kier alpha value is -3.76. The fourth-order valence-corrected chi connectivity index (χ4v) is 3.41. The van der Waals surface area contributed by atoms with E-state index in [2.05, 4.69) is 15.2 Å². The van der Waals surface area contributed by atoms with E-state index in [1.54, 1.807) is 33.0 Å². The van der Waals surface area contributed by atoms with Crippen LogP contribution in [0.25, 0.3) is 0 Å². The first-order valence-electron chi connectivity index (χ1n) is 9.94. The molecule has 11 heteroatoms. The highest BCUT2D eigenvalue weighted by molar-refractivity contribution is 5.98. The molecule has 0 aliphatic heterocycles. The normalized spacial score (nSPS) is 16.7. The molecule has 3 rings (SSSR count). The summed E-state index contributed by atoms with van der Waals surface area (Å²) in [4.78, 5) is 24.1. The molecular weight excluding hydrogens is 443 g/mol. The third-order valence-corrected chi connectivity index (χ3v) is 5.03. The topological polar surface area (TPSA) is 103 Å². The quantitative estimate of drug-likeness (QED) is 0.638. The summed E-state index contributed by atoms with van der Waals surface area (Å²) in [5.41, 5.74) is 0.695. The van der Waals surface area contributed by atoms with Crippen LogP contribution in [0.3, 0.4) is 0 Å². The van der Waals surface area contributed by atoms with Crippen LogP contribution in [0.1, 0.15) is 29.4 Å². The average molecular weight is 465 g/mol. The lowest BCUT2D eigenvalue weighted by Gasteiger charge is -2.23. The maximum Gasteiger partial charge on any atom is 0.573 e. The van der Waals surface area contributed by atoms with Gasteiger partial charge in [0.05, 0.1) is 11.3 Å². The lowest BCUT2D eigenvalue weighted by atomic mass is 9.91. The number of nitrogens with one attached hydrogen (secondary N) is 1. The molecule has 8 nitrogen and oxygen atoms in total. The van der Waals surface area contributed by atoms with E-state index in [9.17, 15) is 22.8 Å². The van der Waals surface area contributed by atoms with Gasteiger partial charge in [0.1, 0.15) is 17.1 Å². The summed E-state index contributed by atoms with van der Waals surface area (Å²) in [5.74, 6) is -1.99. The number of amides is 1. The Bertz CT molecular complexity index is 1120. The summed E-state index contributed by atoms with van der Waals surface area (Å²) in [6.07, 6.45) is 0.417. The largest absolute Gasteiger partial charge is 0.573 e. The molecule has 1 aromatic heterocycles. The van der Waals surface area contributed by atoms with E-state index < -0.39 is 24.0 Å². The van der Waals surface area contributed by atoms with Gasteiger partial charge in [-0.2, -0.15) is 5.10 Å². The molecule has 2 aromatic rings. The molecule has 2 N–H and O–H groups in total. The molecule has 0 saturated carbocycles. The fourth-order valence-electron chi connectivity index (χ4n) is 3.41. The van der Waals surface area contributed by atoms with Crippen molar-refractivity contribution in [1.29, 1.82) is 0 Å². The van der Waals surface area contributed by atoms with Gasteiger partial charge in [-0.15, -0.1) is 13.2 Å². The summed E-state index contributed by atoms with van der Waals surface area (Å²) in [7, 11) is 1.54. The van der Waals surface area contributed by atoms with Crippen LogP contribution in [0.2, 0.25) is 0 Å². The number of hydrogen-bond donors (Lipinski definition) is 2. The van der Waals surface area contributed by atoms with Gasteiger partial charge in [0, 0.05) is 25.1 Å². The van der Waals surface area contributed by atoms with Crippen LogP contribution < -0.4 is 14.8 Å². The van der Waals surface area contributed by atoms with Gasteiger partial charge in [-0.25, -0.2) is 9.48 Å². The maximum absolute atomic E-state index is 13.0. The first-order chi connectivity index (χ1) is 15.4. The molecule has 0 spiro atoms. The number of aryl methyl sites for hydroxylation is 2. The molecule has 2 atom stereocenters. The smallest absolute Gasteiger partial charge is 0.478 e. The predicted octanol–water partition coefficient (Wildman–Crippen LogP) is 4.12. The number of aromatic nitrogens is 2. The Labute approximate surface area is 187 Å². The molecule has 0 bridgehead atoms. The van der Waals surface area contributed by atoms with Gasteiger partial charge < -0.3 is 19.9 Å². The summed E-state index contributed by atoms with van der Waals surface area (Å²) >= 11 is 0.